The molecule has 0 aliphatic carbocycles. The number of rotatable bonds is 6. The lowest BCUT2D eigenvalue weighted by molar-refractivity contribution is 0.190. The Balaban J connectivity index is 1.44. The number of sulfonamides is 1. The summed E-state index contributed by atoms with van der Waals surface area (Å²) in [6.45, 7) is 2.81. The van der Waals surface area contributed by atoms with Gasteiger partial charge in [-0.3, -0.25) is 4.90 Å². The van der Waals surface area contributed by atoms with E-state index in [9.17, 15) is 13.2 Å². The third kappa shape index (κ3) is 5.54. The van der Waals surface area contributed by atoms with Crippen LogP contribution in [0.5, 0.6) is 0 Å². The lowest BCUT2D eigenvalue weighted by atomic mass is 10.0. The predicted molar refractivity (Wildman–Crippen MR) is 110 cm³/mol. The first-order valence-electron chi connectivity index (χ1n) is 9.34. The third-order valence-corrected chi connectivity index (χ3v) is 6.29. The first kappa shape index (κ1) is 20.3. The second-order valence-electron chi connectivity index (χ2n) is 6.87. The van der Waals surface area contributed by atoms with Crippen LogP contribution in [0.1, 0.15) is 18.4 Å². The Morgan fingerprint density at radius 1 is 1.04 bits per heavy atom. The molecule has 0 unspecified atom stereocenters. The van der Waals surface area contributed by atoms with Crippen LogP contribution in [0.2, 0.25) is 0 Å². The molecule has 1 aliphatic rings. The van der Waals surface area contributed by atoms with Crippen molar-refractivity contribution in [2.24, 2.45) is 0 Å². The molecule has 0 aromatic heterocycles. The SMILES string of the molecule is CNS(=O)(=O)c1ccc(NC(=O)NC2CCN(Cc3ccccc3)CC2)cc1. The van der Waals surface area contributed by atoms with Gasteiger partial charge in [0.2, 0.25) is 10.0 Å². The first-order chi connectivity index (χ1) is 13.5. The molecule has 28 heavy (non-hydrogen) atoms. The Morgan fingerprint density at radius 2 is 1.68 bits per heavy atom. The number of anilines is 1. The molecule has 150 valence electrons. The maximum Gasteiger partial charge on any atom is 0.319 e. The quantitative estimate of drug-likeness (QED) is 0.692. The highest BCUT2D eigenvalue weighted by molar-refractivity contribution is 7.89. The highest BCUT2D eigenvalue weighted by Crippen LogP contribution is 2.16. The highest BCUT2D eigenvalue weighted by Gasteiger charge is 2.20. The second kappa shape index (κ2) is 9.18. The smallest absolute Gasteiger partial charge is 0.319 e. The lowest BCUT2D eigenvalue weighted by Gasteiger charge is -2.32. The van der Waals surface area contributed by atoms with Crippen molar-refractivity contribution in [1.29, 1.82) is 0 Å². The maximum absolute atomic E-state index is 12.2. The van der Waals surface area contributed by atoms with Crippen LogP contribution < -0.4 is 15.4 Å². The largest absolute Gasteiger partial charge is 0.335 e. The number of carbonyl (C=O) groups excluding carboxylic acids is 1. The molecule has 0 saturated carbocycles. The van der Waals surface area contributed by atoms with Crippen molar-refractivity contribution >= 4 is 21.7 Å². The van der Waals surface area contributed by atoms with E-state index in [1.54, 1.807) is 12.1 Å². The van der Waals surface area contributed by atoms with Gasteiger partial charge in [-0.25, -0.2) is 17.9 Å². The van der Waals surface area contributed by atoms with Crippen LogP contribution in [0.15, 0.2) is 59.5 Å². The van der Waals surface area contributed by atoms with E-state index in [4.69, 9.17) is 0 Å². The van der Waals surface area contributed by atoms with Gasteiger partial charge in [-0.05, 0) is 49.7 Å². The van der Waals surface area contributed by atoms with E-state index in [-0.39, 0.29) is 17.0 Å². The molecule has 1 fully saturated rings. The summed E-state index contributed by atoms with van der Waals surface area (Å²) in [7, 11) is -2.12. The summed E-state index contributed by atoms with van der Waals surface area (Å²) in [5.41, 5.74) is 1.85. The molecule has 1 heterocycles. The number of hydrogen-bond acceptors (Lipinski definition) is 4. The van der Waals surface area contributed by atoms with Crippen molar-refractivity contribution in [3.63, 3.8) is 0 Å². The molecule has 7 nitrogen and oxygen atoms in total. The summed E-state index contributed by atoms with van der Waals surface area (Å²) in [4.78, 5) is 14.8. The summed E-state index contributed by atoms with van der Waals surface area (Å²) in [5.74, 6) is 0. The number of benzene rings is 2. The van der Waals surface area contributed by atoms with Gasteiger partial charge in [0.05, 0.1) is 4.90 Å². The topological polar surface area (TPSA) is 90.5 Å². The van der Waals surface area contributed by atoms with E-state index in [0.29, 0.717) is 5.69 Å². The van der Waals surface area contributed by atoms with Crippen LogP contribution in [-0.2, 0) is 16.6 Å². The average Bonchev–Trinajstić information content (AvgIpc) is 2.70. The van der Waals surface area contributed by atoms with E-state index >= 15 is 0 Å². The monoisotopic (exact) mass is 402 g/mol. The van der Waals surface area contributed by atoms with E-state index in [1.165, 1.54) is 24.7 Å². The van der Waals surface area contributed by atoms with Crippen LogP contribution in [0.3, 0.4) is 0 Å². The molecule has 2 amide bonds. The summed E-state index contributed by atoms with van der Waals surface area (Å²) in [6.07, 6.45) is 1.80. The van der Waals surface area contributed by atoms with Gasteiger partial charge in [-0.15, -0.1) is 0 Å². The Hall–Kier alpha value is -2.42. The number of piperidine rings is 1. The molecular weight excluding hydrogens is 376 g/mol. The Labute approximate surface area is 166 Å². The first-order valence-corrected chi connectivity index (χ1v) is 10.8. The number of hydrogen-bond donors (Lipinski definition) is 3. The fraction of sp³-hybridized carbons (Fsp3) is 0.350. The number of likely N-dealkylation sites (tertiary alicyclic amines) is 1. The summed E-state index contributed by atoms with van der Waals surface area (Å²) < 4.78 is 25.7. The van der Waals surface area contributed by atoms with Gasteiger partial charge in [0, 0.05) is 31.4 Å². The minimum absolute atomic E-state index is 0.135. The molecule has 3 rings (SSSR count). The Kier molecular flexibility index (Phi) is 6.66. The minimum atomic E-state index is -3.48. The molecule has 0 radical (unpaired) electrons. The van der Waals surface area contributed by atoms with Crippen molar-refractivity contribution < 1.29 is 13.2 Å². The highest BCUT2D eigenvalue weighted by atomic mass is 32.2. The average molecular weight is 403 g/mol. The third-order valence-electron chi connectivity index (χ3n) is 4.86. The summed E-state index contributed by atoms with van der Waals surface area (Å²) in [6, 6.07) is 16.3. The van der Waals surface area contributed by atoms with Crippen molar-refractivity contribution in [3.05, 3.63) is 60.2 Å². The van der Waals surface area contributed by atoms with E-state index in [2.05, 4.69) is 44.5 Å². The number of nitrogens with one attached hydrogen (secondary N) is 3. The standard InChI is InChI=1S/C20H26N4O3S/c1-21-28(26,27)19-9-7-17(8-10-19)22-20(25)23-18-11-13-24(14-12-18)15-16-5-3-2-4-6-16/h2-10,18,21H,11-15H2,1H3,(H2,22,23,25). The number of nitrogens with zero attached hydrogens (tertiary/aromatic N) is 1. The molecule has 0 bridgehead atoms. The minimum Gasteiger partial charge on any atom is -0.335 e. The summed E-state index contributed by atoms with van der Waals surface area (Å²) in [5, 5.41) is 5.76. The zero-order valence-corrected chi connectivity index (χ0v) is 16.7. The molecule has 0 atom stereocenters. The molecule has 0 spiro atoms. The Morgan fingerprint density at radius 3 is 2.29 bits per heavy atom. The normalized spacial score (nSPS) is 15.9. The van der Waals surface area contributed by atoms with Crippen molar-refractivity contribution in [2.45, 2.75) is 30.3 Å². The van der Waals surface area contributed by atoms with Gasteiger partial charge >= 0.3 is 6.03 Å². The van der Waals surface area contributed by atoms with Gasteiger partial charge in [-0.1, -0.05) is 30.3 Å². The maximum atomic E-state index is 12.2. The molecule has 3 N–H and O–H groups in total. The van der Waals surface area contributed by atoms with Crippen molar-refractivity contribution in [2.75, 3.05) is 25.5 Å². The molecular formula is C20H26N4O3S. The zero-order chi connectivity index (χ0) is 20.0. The molecule has 2 aromatic rings. The zero-order valence-electron chi connectivity index (χ0n) is 15.9. The van der Waals surface area contributed by atoms with Crippen molar-refractivity contribution in [1.82, 2.24) is 14.9 Å². The van der Waals surface area contributed by atoms with Crippen molar-refractivity contribution in [3.8, 4) is 0 Å². The number of amides is 2. The molecule has 8 heteroatoms. The number of carbonyl (C=O) groups is 1. The van der Waals surface area contributed by atoms with Gasteiger partial charge in [-0.2, -0.15) is 0 Å². The van der Waals surface area contributed by atoms with Crippen LogP contribution in [0.4, 0.5) is 10.5 Å². The van der Waals surface area contributed by atoms with Gasteiger partial charge < -0.3 is 10.6 Å². The summed E-state index contributed by atoms with van der Waals surface area (Å²) >= 11 is 0. The second-order valence-corrected chi connectivity index (χ2v) is 8.75. The van der Waals surface area contributed by atoms with Crippen LogP contribution >= 0.6 is 0 Å². The van der Waals surface area contributed by atoms with Crippen LogP contribution in [0.25, 0.3) is 0 Å². The molecule has 1 aliphatic heterocycles. The van der Waals surface area contributed by atoms with E-state index in [0.717, 1.165) is 32.5 Å². The van der Waals surface area contributed by atoms with Gasteiger partial charge in [0.15, 0.2) is 0 Å². The van der Waals surface area contributed by atoms with Gasteiger partial charge in [0.1, 0.15) is 0 Å². The Bertz CT molecular complexity index is 877. The molecule has 1 saturated heterocycles. The fourth-order valence-corrected chi connectivity index (χ4v) is 3.99. The predicted octanol–water partition coefficient (Wildman–Crippen LogP) is 2.38. The lowest BCUT2D eigenvalue weighted by Crippen LogP contribution is -2.45. The van der Waals surface area contributed by atoms with Crippen LogP contribution in [-0.4, -0.2) is 45.5 Å². The van der Waals surface area contributed by atoms with E-state index < -0.39 is 10.0 Å². The van der Waals surface area contributed by atoms with E-state index in [1.807, 2.05) is 6.07 Å². The molecule has 2 aromatic carbocycles. The van der Waals surface area contributed by atoms with Crippen LogP contribution in [0, 0.1) is 0 Å². The fourth-order valence-electron chi connectivity index (χ4n) is 3.26. The number of urea groups is 1. The van der Waals surface area contributed by atoms with Gasteiger partial charge in [0.25, 0.3) is 0 Å².